The Morgan fingerprint density at radius 1 is 1.14 bits per heavy atom. The number of para-hydroxylation sites is 1. The second kappa shape index (κ2) is 9.71. The minimum Gasteiger partial charge on any atom is -0.493 e. The first-order chi connectivity index (χ1) is 14.0. The fourth-order valence-electron chi connectivity index (χ4n) is 3.20. The fraction of sp³-hybridized carbons (Fsp3) is 0.364. The third kappa shape index (κ3) is 5.25. The minimum absolute atomic E-state index is 0.114. The summed E-state index contributed by atoms with van der Waals surface area (Å²) in [7, 11) is 1.57. The molecule has 1 aliphatic heterocycles. The van der Waals surface area contributed by atoms with Crippen molar-refractivity contribution in [2.24, 2.45) is 0 Å². The number of benzene rings is 2. The molecular formula is C22H26N2O4S. The number of amides is 1. The molecule has 1 saturated heterocycles. The first-order valence-electron chi connectivity index (χ1n) is 9.53. The van der Waals surface area contributed by atoms with Gasteiger partial charge < -0.3 is 24.4 Å². The zero-order valence-corrected chi connectivity index (χ0v) is 17.8. The number of thiocarbonyl (C=S) groups is 1. The molecule has 29 heavy (non-hydrogen) atoms. The van der Waals surface area contributed by atoms with Crippen LogP contribution in [0.3, 0.4) is 0 Å². The van der Waals surface area contributed by atoms with Crippen LogP contribution in [-0.2, 0) is 9.53 Å². The van der Waals surface area contributed by atoms with Crippen LogP contribution < -0.4 is 14.8 Å². The van der Waals surface area contributed by atoms with E-state index < -0.39 is 0 Å². The van der Waals surface area contributed by atoms with Crippen LogP contribution in [0.1, 0.15) is 16.7 Å². The number of nitrogens with one attached hydrogen (secondary N) is 1. The molecule has 0 aliphatic carbocycles. The van der Waals surface area contributed by atoms with E-state index in [1.807, 2.05) is 44.2 Å². The second-order valence-electron chi connectivity index (χ2n) is 6.87. The Hall–Kier alpha value is -2.64. The van der Waals surface area contributed by atoms with Crippen LogP contribution in [0.5, 0.6) is 11.5 Å². The van der Waals surface area contributed by atoms with Crippen molar-refractivity contribution in [1.29, 1.82) is 0 Å². The van der Waals surface area contributed by atoms with E-state index in [-0.39, 0.29) is 12.5 Å². The molecule has 7 heteroatoms. The number of nitrogens with zero attached hydrogens (tertiary/aromatic N) is 1. The van der Waals surface area contributed by atoms with Gasteiger partial charge in [-0.25, -0.2) is 0 Å². The van der Waals surface area contributed by atoms with Crippen molar-refractivity contribution >= 4 is 28.8 Å². The molecule has 0 atom stereocenters. The summed E-state index contributed by atoms with van der Waals surface area (Å²) in [4.78, 5) is 15.2. The zero-order valence-electron chi connectivity index (χ0n) is 17.0. The summed E-state index contributed by atoms with van der Waals surface area (Å²) in [6.45, 7) is 6.71. The Kier molecular flexibility index (Phi) is 7.06. The number of carbonyl (C=O) groups is 1. The number of morpholine rings is 1. The molecule has 0 bridgehead atoms. The van der Waals surface area contributed by atoms with Gasteiger partial charge in [-0.1, -0.05) is 30.4 Å². The Bertz CT molecular complexity index is 874. The molecule has 0 radical (unpaired) electrons. The fourth-order valence-corrected chi connectivity index (χ4v) is 3.51. The molecule has 6 nitrogen and oxygen atoms in total. The highest BCUT2D eigenvalue weighted by Gasteiger charge is 2.17. The molecule has 0 unspecified atom stereocenters. The molecule has 3 rings (SSSR count). The van der Waals surface area contributed by atoms with Gasteiger partial charge in [0.1, 0.15) is 4.99 Å². The predicted octanol–water partition coefficient (Wildman–Crippen LogP) is 3.34. The van der Waals surface area contributed by atoms with Crippen LogP contribution >= 0.6 is 12.2 Å². The number of carbonyl (C=O) groups excluding carboxylic acids is 1. The predicted molar refractivity (Wildman–Crippen MR) is 117 cm³/mol. The number of hydrogen-bond donors (Lipinski definition) is 1. The summed E-state index contributed by atoms with van der Waals surface area (Å²) in [5.74, 6) is 0.813. The van der Waals surface area contributed by atoms with Crippen molar-refractivity contribution in [1.82, 2.24) is 4.90 Å². The number of aryl methyl sites for hydroxylation is 2. The summed E-state index contributed by atoms with van der Waals surface area (Å²) in [5.41, 5.74) is 3.72. The maximum atomic E-state index is 12.4. The van der Waals surface area contributed by atoms with Crippen molar-refractivity contribution < 1.29 is 19.0 Å². The van der Waals surface area contributed by atoms with Crippen molar-refractivity contribution in [3.63, 3.8) is 0 Å². The summed E-state index contributed by atoms with van der Waals surface area (Å²) in [6.07, 6.45) is 0. The van der Waals surface area contributed by atoms with Gasteiger partial charge in [0.2, 0.25) is 0 Å². The van der Waals surface area contributed by atoms with E-state index in [1.54, 1.807) is 13.2 Å². The van der Waals surface area contributed by atoms with Gasteiger partial charge in [0.05, 0.1) is 20.3 Å². The molecule has 0 aromatic heterocycles. The molecule has 1 aliphatic rings. The van der Waals surface area contributed by atoms with E-state index in [9.17, 15) is 4.79 Å². The van der Waals surface area contributed by atoms with E-state index in [1.165, 1.54) is 0 Å². The number of rotatable bonds is 6. The van der Waals surface area contributed by atoms with Gasteiger partial charge in [0, 0.05) is 24.3 Å². The normalized spacial score (nSPS) is 13.7. The minimum atomic E-state index is -0.225. The third-order valence-corrected chi connectivity index (χ3v) is 5.31. The second-order valence-corrected chi connectivity index (χ2v) is 7.26. The molecule has 0 spiro atoms. The van der Waals surface area contributed by atoms with Crippen LogP contribution in [0, 0.1) is 13.8 Å². The highest BCUT2D eigenvalue weighted by molar-refractivity contribution is 7.80. The van der Waals surface area contributed by atoms with Gasteiger partial charge in [-0.3, -0.25) is 4.79 Å². The lowest BCUT2D eigenvalue weighted by Gasteiger charge is -2.29. The van der Waals surface area contributed by atoms with Gasteiger partial charge >= 0.3 is 0 Å². The number of ether oxygens (including phenoxy) is 3. The summed E-state index contributed by atoms with van der Waals surface area (Å²) in [5, 5.41) is 2.91. The standard InChI is InChI=1S/C22H26N2O4S/c1-15-5-4-6-16(2)21(15)23-20(25)14-28-18-8-7-17(13-19(18)26-3)22(29)24-9-11-27-12-10-24/h4-8,13H,9-12,14H2,1-3H3,(H,23,25). The molecule has 2 aromatic carbocycles. The van der Waals surface area contributed by atoms with E-state index in [0.717, 1.165) is 40.5 Å². The highest BCUT2D eigenvalue weighted by Crippen LogP contribution is 2.29. The first-order valence-corrected chi connectivity index (χ1v) is 9.94. The van der Waals surface area contributed by atoms with Gasteiger partial charge in [-0.15, -0.1) is 0 Å². The van der Waals surface area contributed by atoms with E-state index in [0.29, 0.717) is 24.7 Å². The van der Waals surface area contributed by atoms with Crippen LogP contribution in [-0.4, -0.2) is 55.8 Å². The topological polar surface area (TPSA) is 60.0 Å². The van der Waals surface area contributed by atoms with Gasteiger partial charge in [-0.05, 0) is 43.2 Å². The number of methoxy groups -OCH3 is 1. The lowest BCUT2D eigenvalue weighted by molar-refractivity contribution is -0.118. The Morgan fingerprint density at radius 3 is 2.48 bits per heavy atom. The van der Waals surface area contributed by atoms with E-state index in [2.05, 4.69) is 10.2 Å². The van der Waals surface area contributed by atoms with E-state index in [4.69, 9.17) is 26.4 Å². The van der Waals surface area contributed by atoms with Crippen LogP contribution in [0.4, 0.5) is 5.69 Å². The molecule has 154 valence electrons. The summed E-state index contributed by atoms with van der Waals surface area (Å²) >= 11 is 5.60. The van der Waals surface area contributed by atoms with Crippen molar-refractivity contribution in [2.75, 3.05) is 45.3 Å². The quantitative estimate of drug-likeness (QED) is 0.732. The van der Waals surface area contributed by atoms with Crippen molar-refractivity contribution in [2.45, 2.75) is 13.8 Å². The average molecular weight is 415 g/mol. The lowest BCUT2D eigenvalue weighted by atomic mass is 10.1. The van der Waals surface area contributed by atoms with Gasteiger partial charge in [-0.2, -0.15) is 0 Å². The molecule has 2 aromatic rings. The number of hydrogen-bond acceptors (Lipinski definition) is 5. The zero-order chi connectivity index (χ0) is 20.8. The monoisotopic (exact) mass is 414 g/mol. The maximum absolute atomic E-state index is 12.4. The Labute approximate surface area is 176 Å². The van der Waals surface area contributed by atoms with Crippen LogP contribution in [0.15, 0.2) is 36.4 Å². The summed E-state index contributed by atoms with van der Waals surface area (Å²) < 4.78 is 16.5. The largest absolute Gasteiger partial charge is 0.493 e. The molecule has 1 fully saturated rings. The molecule has 1 N–H and O–H groups in total. The first kappa shape index (κ1) is 21.1. The third-order valence-electron chi connectivity index (χ3n) is 4.81. The smallest absolute Gasteiger partial charge is 0.262 e. The van der Waals surface area contributed by atoms with Crippen LogP contribution in [0.25, 0.3) is 0 Å². The van der Waals surface area contributed by atoms with Crippen molar-refractivity contribution in [3.05, 3.63) is 53.1 Å². The lowest BCUT2D eigenvalue weighted by Crippen LogP contribution is -2.40. The van der Waals surface area contributed by atoms with Crippen LogP contribution in [0.2, 0.25) is 0 Å². The highest BCUT2D eigenvalue weighted by atomic mass is 32.1. The SMILES string of the molecule is COc1cc(C(=S)N2CCOCC2)ccc1OCC(=O)Nc1c(C)cccc1C. The Balaban J connectivity index is 1.64. The molecule has 0 saturated carbocycles. The van der Waals surface area contributed by atoms with E-state index >= 15 is 0 Å². The maximum Gasteiger partial charge on any atom is 0.262 e. The number of anilines is 1. The Morgan fingerprint density at radius 2 is 1.83 bits per heavy atom. The average Bonchev–Trinajstić information content (AvgIpc) is 2.75. The van der Waals surface area contributed by atoms with Gasteiger partial charge in [0.15, 0.2) is 18.1 Å². The van der Waals surface area contributed by atoms with Gasteiger partial charge in [0.25, 0.3) is 5.91 Å². The molecule has 1 heterocycles. The van der Waals surface area contributed by atoms with Crippen molar-refractivity contribution in [3.8, 4) is 11.5 Å². The molecule has 1 amide bonds. The molecular weight excluding hydrogens is 388 g/mol. The summed E-state index contributed by atoms with van der Waals surface area (Å²) in [6, 6.07) is 11.4.